The average molecular weight is 255 g/mol. The summed E-state index contributed by atoms with van der Waals surface area (Å²) in [6.45, 7) is -2.01. The van der Waals surface area contributed by atoms with Gasteiger partial charge in [-0.1, -0.05) is 12.8 Å². The van der Waals surface area contributed by atoms with Crippen molar-refractivity contribution >= 4 is 5.91 Å². The minimum absolute atomic E-state index is 0.0706. The number of alkyl halides is 3. The molecule has 7 heteroatoms. The number of ether oxygens (including phenoxy) is 1. The quantitative estimate of drug-likeness (QED) is 0.770. The van der Waals surface area contributed by atoms with Crippen LogP contribution in [0.5, 0.6) is 0 Å². The van der Waals surface area contributed by atoms with Gasteiger partial charge in [-0.15, -0.1) is 0 Å². The van der Waals surface area contributed by atoms with Crippen molar-refractivity contribution in [3.05, 3.63) is 0 Å². The first-order chi connectivity index (χ1) is 7.81. The van der Waals surface area contributed by atoms with Gasteiger partial charge in [0.15, 0.2) is 0 Å². The van der Waals surface area contributed by atoms with E-state index < -0.39 is 30.9 Å². The molecule has 0 heterocycles. The molecular weight excluding hydrogens is 239 g/mol. The molecule has 0 aliphatic heterocycles. The summed E-state index contributed by atoms with van der Waals surface area (Å²) in [5.74, 6) is -0.644. The van der Waals surface area contributed by atoms with Gasteiger partial charge in [0, 0.05) is 6.54 Å². The number of amides is 1. The van der Waals surface area contributed by atoms with Gasteiger partial charge in [-0.2, -0.15) is 13.2 Å². The third-order valence-corrected chi connectivity index (χ3v) is 2.65. The molecule has 4 nitrogen and oxygen atoms in total. The second-order valence-corrected chi connectivity index (χ2v) is 4.32. The van der Waals surface area contributed by atoms with Crippen LogP contribution in [0.2, 0.25) is 0 Å². The topological polar surface area (TPSA) is 58.6 Å². The van der Waals surface area contributed by atoms with Gasteiger partial charge in [0.2, 0.25) is 5.91 Å². The molecule has 0 bridgehead atoms. The number of rotatable bonds is 5. The van der Waals surface area contributed by atoms with Crippen LogP contribution in [0, 0.1) is 0 Å². The fourth-order valence-electron chi connectivity index (χ4n) is 1.78. The average Bonchev–Trinajstić information content (AvgIpc) is 2.61. The molecule has 1 aliphatic carbocycles. The number of nitrogens with one attached hydrogen (secondary N) is 1. The molecule has 2 N–H and O–H groups in total. The smallest absolute Gasteiger partial charge is 0.388 e. The van der Waals surface area contributed by atoms with E-state index in [1.807, 2.05) is 0 Å². The summed E-state index contributed by atoms with van der Waals surface area (Å²) in [7, 11) is 0. The van der Waals surface area contributed by atoms with Crippen molar-refractivity contribution in [1.29, 1.82) is 0 Å². The Labute approximate surface area is 97.1 Å². The number of carbonyl (C=O) groups excluding carboxylic acids is 1. The number of hydrogen-bond donors (Lipinski definition) is 2. The van der Waals surface area contributed by atoms with Gasteiger partial charge in [0.05, 0.1) is 5.60 Å². The van der Waals surface area contributed by atoms with Gasteiger partial charge < -0.3 is 15.2 Å². The van der Waals surface area contributed by atoms with Gasteiger partial charge in [-0.3, -0.25) is 4.79 Å². The first-order valence-electron chi connectivity index (χ1n) is 5.44. The number of carbonyl (C=O) groups is 1. The molecule has 0 aromatic carbocycles. The highest BCUT2D eigenvalue weighted by Gasteiger charge is 2.31. The van der Waals surface area contributed by atoms with Crippen LogP contribution < -0.4 is 5.32 Å². The summed E-state index contributed by atoms with van der Waals surface area (Å²) >= 11 is 0. The fraction of sp³-hybridized carbons (Fsp3) is 0.900. The Morgan fingerprint density at radius 2 is 1.94 bits per heavy atom. The molecule has 0 unspecified atom stereocenters. The van der Waals surface area contributed by atoms with Crippen LogP contribution in [0.3, 0.4) is 0 Å². The Balaban J connectivity index is 2.13. The van der Waals surface area contributed by atoms with E-state index in [4.69, 9.17) is 0 Å². The summed E-state index contributed by atoms with van der Waals surface area (Å²) in [5.41, 5.74) is -0.903. The second-order valence-electron chi connectivity index (χ2n) is 4.32. The lowest BCUT2D eigenvalue weighted by Crippen LogP contribution is -2.42. The summed E-state index contributed by atoms with van der Waals surface area (Å²) < 4.78 is 39.3. The highest BCUT2D eigenvalue weighted by atomic mass is 19.4. The van der Waals surface area contributed by atoms with E-state index in [0.717, 1.165) is 12.8 Å². The van der Waals surface area contributed by atoms with Gasteiger partial charge in [0.25, 0.3) is 0 Å². The first kappa shape index (κ1) is 14.2. The Morgan fingerprint density at radius 3 is 2.47 bits per heavy atom. The standard InChI is InChI=1S/C10H16F3NO3/c11-10(12,13)7-17-5-8(15)14-6-9(16)3-1-2-4-9/h16H,1-7H2,(H,14,15). The molecule has 1 amide bonds. The molecule has 0 atom stereocenters. The van der Waals surface area contributed by atoms with Gasteiger partial charge in [0.1, 0.15) is 13.2 Å². The molecule has 1 saturated carbocycles. The second kappa shape index (κ2) is 5.68. The van der Waals surface area contributed by atoms with Gasteiger partial charge in [-0.05, 0) is 12.8 Å². The van der Waals surface area contributed by atoms with E-state index in [9.17, 15) is 23.1 Å². The fourth-order valence-corrected chi connectivity index (χ4v) is 1.78. The molecule has 0 aromatic heterocycles. The lowest BCUT2D eigenvalue weighted by molar-refractivity contribution is -0.175. The van der Waals surface area contributed by atoms with Crippen LogP contribution in [-0.4, -0.2) is 42.5 Å². The zero-order chi connectivity index (χ0) is 12.9. The monoisotopic (exact) mass is 255 g/mol. The molecule has 0 spiro atoms. The summed E-state index contributed by atoms with van der Waals surface area (Å²) in [4.78, 5) is 11.1. The molecule has 1 rings (SSSR count). The van der Waals surface area contributed by atoms with Crippen LogP contribution in [0.4, 0.5) is 13.2 Å². The van der Waals surface area contributed by atoms with Crippen LogP contribution >= 0.6 is 0 Å². The van der Waals surface area contributed by atoms with E-state index >= 15 is 0 Å². The van der Waals surface area contributed by atoms with Crippen molar-refractivity contribution in [2.24, 2.45) is 0 Å². The maximum Gasteiger partial charge on any atom is 0.411 e. The molecule has 1 fully saturated rings. The first-order valence-corrected chi connectivity index (χ1v) is 5.44. The van der Waals surface area contributed by atoms with E-state index in [0.29, 0.717) is 12.8 Å². The highest BCUT2D eigenvalue weighted by Crippen LogP contribution is 2.28. The SMILES string of the molecule is O=C(COCC(F)(F)F)NCC1(O)CCCC1. The zero-order valence-electron chi connectivity index (χ0n) is 9.35. The lowest BCUT2D eigenvalue weighted by Gasteiger charge is -2.22. The zero-order valence-corrected chi connectivity index (χ0v) is 9.35. The van der Waals surface area contributed by atoms with Crippen molar-refractivity contribution < 1.29 is 27.8 Å². The van der Waals surface area contributed by atoms with Crippen molar-refractivity contribution in [2.45, 2.75) is 37.5 Å². The van der Waals surface area contributed by atoms with Gasteiger partial charge in [-0.25, -0.2) is 0 Å². The van der Waals surface area contributed by atoms with Crippen LogP contribution in [0.1, 0.15) is 25.7 Å². The summed E-state index contributed by atoms with van der Waals surface area (Å²) in [6, 6.07) is 0. The molecule has 100 valence electrons. The van der Waals surface area contributed by atoms with Crippen LogP contribution in [-0.2, 0) is 9.53 Å². The predicted molar refractivity (Wildman–Crippen MR) is 53.3 cm³/mol. The van der Waals surface area contributed by atoms with Crippen molar-refractivity contribution in [1.82, 2.24) is 5.32 Å². The molecule has 1 aliphatic rings. The number of hydrogen-bond acceptors (Lipinski definition) is 3. The van der Waals surface area contributed by atoms with Crippen LogP contribution in [0.25, 0.3) is 0 Å². The van der Waals surface area contributed by atoms with E-state index in [1.165, 1.54) is 0 Å². The third-order valence-electron chi connectivity index (χ3n) is 2.65. The molecular formula is C10H16F3NO3. The maximum absolute atomic E-state index is 11.7. The molecule has 0 saturated heterocycles. The third kappa shape index (κ3) is 5.88. The number of halogens is 3. The summed E-state index contributed by atoms with van der Waals surface area (Å²) in [5, 5.41) is 12.2. The van der Waals surface area contributed by atoms with E-state index in [-0.39, 0.29) is 6.54 Å². The normalized spacial score (nSPS) is 19.3. The Hall–Kier alpha value is -0.820. The Kier molecular flexibility index (Phi) is 4.76. The predicted octanol–water partition coefficient (Wildman–Crippen LogP) is 0.987. The minimum atomic E-state index is -4.43. The Morgan fingerprint density at radius 1 is 1.35 bits per heavy atom. The van der Waals surface area contributed by atoms with Crippen LogP contribution in [0.15, 0.2) is 0 Å². The maximum atomic E-state index is 11.7. The van der Waals surface area contributed by atoms with Crippen molar-refractivity contribution in [2.75, 3.05) is 19.8 Å². The molecule has 0 aromatic rings. The summed E-state index contributed by atoms with van der Waals surface area (Å²) in [6.07, 6.45) is -1.41. The molecule has 17 heavy (non-hydrogen) atoms. The van der Waals surface area contributed by atoms with Crippen molar-refractivity contribution in [3.63, 3.8) is 0 Å². The largest absolute Gasteiger partial charge is 0.411 e. The van der Waals surface area contributed by atoms with Gasteiger partial charge >= 0.3 is 6.18 Å². The lowest BCUT2D eigenvalue weighted by atomic mass is 10.0. The molecule has 0 radical (unpaired) electrons. The highest BCUT2D eigenvalue weighted by molar-refractivity contribution is 5.77. The van der Waals surface area contributed by atoms with E-state index in [1.54, 1.807) is 0 Å². The Bertz CT molecular complexity index is 262. The van der Waals surface area contributed by atoms with E-state index in [2.05, 4.69) is 10.1 Å². The minimum Gasteiger partial charge on any atom is -0.388 e. The van der Waals surface area contributed by atoms with Crippen molar-refractivity contribution in [3.8, 4) is 0 Å². The number of aliphatic hydroxyl groups is 1.